The Morgan fingerprint density at radius 2 is 2.06 bits per heavy atom. The lowest BCUT2D eigenvalue weighted by atomic mass is 9.90. The summed E-state index contributed by atoms with van der Waals surface area (Å²) in [6, 6.07) is 7.19. The number of benzene rings is 1. The molecule has 3 nitrogen and oxygen atoms in total. The van der Waals surface area contributed by atoms with Gasteiger partial charge in [-0.05, 0) is 37.0 Å². The van der Waals surface area contributed by atoms with E-state index in [-0.39, 0.29) is 5.97 Å². The summed E-state index contributed by atoms with van der Waals surface area (Å²) < 4.78 is 10.5. The van der Waals surface area contributed by atoms with Crippen LogP contribution in [-0.4, -0.2) is 19.7 Å². The maximum atomic E-state index is 11.4. The molecule has 1 aromatic carbocycles. The molecule has 1 fully saturated rings. The first-order valence-corrected chi connectivity index (χ1v) is 6.61. The minimum absolute atomic E-state index is 0.321. The molecule has 0 amide bonds. The Bertz CT molecular complexity index is 394. The van der Waals surface area contributed by atoms with E-state index in [9.17, 15) is 4.79 Å². The molecular formula is C15H20O3. The van der Waals surface area contributed by atoms with Gasteiger partial charge in [-0.25, -0.2) is 4.79 Å². The first kappa shape index (κ1) is 12.9. The fraction of sp³-hybridized carbons (Fsp3) is 0.533. The van der Waals surface area contributed by atoms with E-state index in [1.165, 1.54) is 39.2 Å². The van der Waals surface area contributed by atoms with E-state index < -0.39 is 0 Å². The summed E-state index contributed by atoms with van der Waals surface area (Å²) in [5.41, 5.74) is 0.540. The van der Waals surface area contributed by atoms with Crippen molar-refractivity contribution in [2.24, 2.45) is 5.92 Å². The van der Waals surface area contributed by atoms with Crippen LogP contribution < -0.4 is 4.74 Å². The van der Waals surface area contributed by atoms with Gasteiger partial charge in [-0.2, -0.15) is 0 Å². The highest BCUT2D eigenvalue weighted by Crippen LogP contribution is 2.24. The van der Waals surface area contributed by atoms with Crippen LogP contribution in [0, 0.1) is 5.92 Å². The fourth-order valence-electron chi connectivity index (χ4n) is 2.40. The molecule has 2 rings (SSSR count). The van der Waals surface area contributed by atoms with Gasteiger partial charge in [-0.3, -0.25) is 0 Å². The third-order valence-corrected chi connectivity index (χ3v) is 3.47. The molecule has 1 aliphatic rings. The summed E-state index contributed by atoms with van der Waals surface area (Å²) in [6.07, 6.45) is 6.51. The van der Waals surface area contributed by atoms with Crippen molar-refractivity contribution >= 4 is 5.97 Å². The normalized spacial score (nSPS) is 16.3. The molecular weight excluding hydrogens is 228 g/mol. The molecule has 0 aromatic heterocycles. The predicted octanol–water partition coefficient (Wildman–Crippen LogP) is 3.43. The maximum Gasteiger partial charge on any atom is 0.337 e. The van der Waals surface area contributed by atoms with Crippen molar-refractivity contribution in [2.75, 3.05) is 13.7 Å². The third kappa shape index (κ3) is 3.49. The molecule has 0 radical (unpaired) electrons. The smallest absolute Gasteiger partial charge is 0.337 e. The Morgan fingerprint density at radius 1 is 1.28 bits per heavy atom. The van der Waals surface area contributed by atoms with Gasteiger partial charge in [0.05, 0.1) is 19.3 Å². The molecule has 1 aromatic rings. The Labute approximate surface area is 108 Å². The minimum atomic E-state index is -0.321. The number of hydrogen-bond acceptors (Lipinski definition) is 3. The Kier molecular flexibility index (Phi) is 4.62. The van der Waals surface area contributed by atoms with E-state index >= 15 is 0 Å². The van der Waals surface area contributed by atoms with Gasteiger partial charge in [0, 0.05) is 0 Å². The second-order valence-electron chi connectivity index (χ2n) is 4.83. The molecule has 1 aliphatic carbocycles. The third-order valence-electron chi connectivity index (χ3n) is 3.47. The van der Waals surface area contributed by atoms with Crippen LogP contribution in [0.4, 0.5) is 0 Å². The molecule has 98 valence electrons. The molecule has 18 heavy (non-hydrogen) atoms. The molecule has 0 atom stereocenters. The second kappa shape index (κ2) is 6.43. The van der Waals surface area contributed by atoms with Crippen LogP contribution in [0.25, 0.3) is 0 Å². The average Bonchev–Trinajstić information content (AvgIpc) is 2.45. The number of rotatable bonds is 4. The summed E-state index contributed by atoms with van der Waals surface area (Å²) in [6.45, 7) is 0.755. The monoisotopic (exact) mass is 248 g/mol. The van der Waals surface area contributed by atoms with Gasteiger partial charge in [0.2, 0.25) is 0 Å². The summed E-state index contributed by atoms with van der Waals surface area (Å²) in [5.74, 6) is 1.10. The predicted molar refractivity (Wildman–Crippen MR) is 69.9 cm³/mol. The summed E-state index contributed by atoms with van der Waals surface area (Å²) in [5, 5.41) is 0. The van der Waals surface area contributed by atoms with Gasteiger partial charge in [0.1, 0.15) is 5.75 Å². The van der Waals surface area contributed by atoms with Crippen LogP contribution >= 0.6 is 0 Å². The molecule has 0 bridgehead atoms. The Balaban J connectivity index is 1.90. The van der Waals surface area contributed by atoms with Gasteiger partial charge < -0.3 is 9.47 Å². The van der Waals surface area contributed by atoms with Crippen molar-refractivity contribution in [2.45, 2.75) is 32.1 Å². The van der Waals surface area contributed by atoms with Gasteiger partial charge >= 0.3 is 5.97 Å². The molecule has 0 heterocycles. The highest BCUT2D eigenvalue weighted by molar-refractivity contribution is 5.89. The zero-order valence-corrected chi connectivity index (χ0v) is 10.9. The van der Waals surface area contributed by atoms with E-state index in [0.29, 0.717) is 11.5 Å². The van der Waals surface area contributed by atoms with Crippen molar-refractivity contribution in [3.63, 3.8) is 0 Å². The maximum absolute atomic E-state index is 11.4. The van der Waals surface area contributed by atoms with Gasteiger partial charge in [0.25, 0.3) is 0 Å². The van der Waals surface area contributed by atoms with Gasteiger partial charge in [0.15, 0.2) is 0 Å². The van der Waals surface area contributed by atoms with E-state index in [1.54, 1.807) is 12.1 Å². The molecule has 0 aliphatic heterocycles. The van der Waals surface area contributed by atoms with Gasteiger partial charge in [-0.1, -0.05) is 25.3 Å². The van der Waals surface area contributed by atoms with Crippen LogP contribution in [0.2, 0.25) is 0 Å². The lowest BCUT2D eigenvalue weighted by Crippen LogP contribution is -2.15. The number of carbonyl (C=O) groups excluding carboxylic acids is 1. The van der Waals surface area contributed by atoms with Crippen molar-refractivity contribution in [3.05, 3.63) is 29.8 Å². The molecule has 0 saturated heterocycles. The second-order valence-corrected chi connectivity index (χ2v) is 4.83. The minimum Gasteiger partial charge on any atom is -0.493 e. The quantitative estimate of drug-likeness (QED) is 0.766. The fourth-order valence-corrected chi connectivity index (χ4v) is 2.40. The number of esters is 1. The SMILES string of the molecule is COC(=O)c1cccc(OCC2CCCCC2)c1. The average molecular weight is 248 g/mol. The number of hydrogen-bond donors (Lipinski definition) is 0. The number of carbonyl (C=O) groups is 1. The zero-order chi connectivity index (χ0) is 12.8. The highest BCUT2D eigenvalue weighted by Gasteiger charge is 2.14. The summed E-state index contributed by atoms with van der Waals surface area (Å²) >= 11 is 0. The molecule has 0 N–H and O–H groups in total. The summed E-state index contributed by atoms with van der Waals surface area (Å²) in [7, 11) is 1.39. The van der Waals surface area contributed by atoms with Crippen LogP contribution in [-0.2, 0) is 4.74 Å². The first-order chi connectivity index (χ1) is 8.79. The lowest BCUT2D eigenvalue weighted by Gasteiger charge is -2.21. The van der Waals surface area contributed by atoms with Crippen LogP contribution in [0.3, 0.4) is 0 Å². The van der Waals surface area contributed by atoms with E-state index in [0.717, 1.165) is 12.4 Å². The van der Waals surface area contributed by atoms with Crippen molar-refractivity contribution in [3.8, 4) is 5.75 Å². The van der Waals surface area contributed by atoms with Crippen LogP contribution in [0.15, 0.2) is 24.3 Å². The Hall–Kier alpha value is -1.51. The van der Waals surface area contributed by atoms with Crippen molar-refractivity contribution in [1.29, 1.82) is 0 Å². The first-order valence-electron chi connectivity index (χ1n) is 6.61. The number of ether oxygens (including phenoxy) is 2. The van der Waals surface area contributed by atoms with Crippen molar-refractivity contribution < 1.29 is 14.3 Å². The molecule has 1 saturated carbocycles. The van der Waals surface area contributed by atoms with Crippen LogP contribution in [0.1, 0.15) is 42.5 Å². The van der Waals surface area contributed by atoms with Crippen LogP contribution in [0.5, 0.6) is 5.75 Å². The number of methoxy groups -OCH3 is 1. The molecule has 0 unspecified atom stereocenters. The zero-order valence-electron chi connectivity index (χ0n) is 10.9. The van der Waals surface area contributed by atoms with E-state index in [4.69, 9.17) is 9.47 Å². The lowest BCUT2D eigenvalue weighted by molar-refractivity contribution is 0.0600. The van der Waals surface area contributed by atoms with E-state index in [2.05, 4.69) is 0 Å². The topological polar surface area (TPSA) is 35.5 Å². The Morgan fingerprint density at radius 3 is 2.78 bits per heavy atom. The largest absolute Gasteiger partial charge is 0.493 e. The molecule has 0 spiro atoms. The molecule has 3 heteroatoms. The van der Waals surface area contributed by atoms with E-state index in [1.807, 2.05) is 12.1 Å². The highest BCUT2D eigenvalue weighted by atomic mass is 16.5. The standard InChI is InChI=1S/C15H20O3/c1-17-15(16)13-8-5-9-14(10-13)18-11-12-6-3-2-4-7-12/h5,8-10,12H,2-4,6-7,11H2,1H3. The van der Waals surface area contributed by atoms with Gasteiger partial charge in [-0.15, -0.1) is 0 Å². The summed E-state index contributed by atoms with van der Waals surface area (Å²) in [4.78, 5) is 11.4. The van der Waals surface area contributed by atoms with Crippen molar-refractivity contribution in [1.82, 2.24) is 0 Å².